The molecule has 0 saturated carbocycles. The molecule has 30 heavy (non-hydrogen) atoms. The third kappa shape index (κ3) is 4.91. The summed E-state index contributed by atoms with van der Waals surface area (Å²) in [6, 6.07) is 10.9. The van der Waals surface area contributed by atoms with Crippen molar-refractivity contribution in [2.24, 2.45) is 0 Å². The minimum Gasteiger partial charge on any atom is -0.454 e. The fourth-order valence-electron chi connectivity index (χ4n) is 2.87. The fourth-order valence-corrected chi connectivity index (χ4v) is 2.87. The summed E-state index contributed by atoms with van der Waals surface area (Å²) in [5.41, 5.74) is 1.66. The van der Waals surface area contributed by atoms with Crippen LogP contribution in [0.3, 0.4) is 0 Å². The minimum absolute atomic E-state index is 0.209. The van der Waals surface area contributed by atoms with Gasteiger partial charge in [-0.15, -0.1) is 0 Å². The average molecular weight is 408 g/mol. The van der Waals surface area contributed by atoms with Crippen LogP contribution in [-0.2, 0) is 9.59 Å². The van der Waals surface area contributed by atoms with Gasteiger partial charge in [-0.1, -0.05) is 12.1 Å². The van der Waals surface area contributed by atoms with Gasteiger partial charge in [-0.3, -0.25) is 9.59 Å². The molecule has 2 aliphatic rings. The number of carbonyl (C=O) groups is 2. The Morgan fingerprint density at radius 1 is 0.700 bits per heavy atom. The molecule has 2 aromatic rings. The highest BCUT2D eigenvalue weighted by Gasteiger charge is 2.13. The van der Waals surface area contributed by atoms with Crippen LogP contribution in [0.2, 0.25) is 0 Å². The van der Waals surface area contributed by atoms with Gasteiger partial charge < -0.3 is 29.6 Å². The van der Waals surface area contributed by atoms with E-state index in [1.54, 1.807) is 36.4 Å². The molecule has 8 heteroatoms. The number of fused-ring (bicyclic) bond motifs is 2. The summed E-state index contributed by atoms with van der Waals surface area (Å²) in [5, 5.41) is 5.42. The maximum absolute atomic E-state index is 11.9. The molecule has 0 saturated heterocycles. The van der Waals surface area contributed by atoms with Crippen LogP contribution in [0.1, 0.15) is 11.1 Å². The zero-order chi connectivity index (χ0) is 20.8. The Morgan fingerprint density at radius 2 is 1.13 bits per heavy atom. The maximum atomic E-state index is 11.9. The van der Waals surface area contributed by atoms with E-state index in [0.717, 1.165) is 11.1 Å². The molecule has 4 rings (SSSR count). The summed E-state index contributed by atoms with van der Waals surface area (Å²) in [5.74, 6) is 2.21. The molecule has 154 valence electrons. The van der Waals surface area contributed by atoms with Gasteiger partial charge >= 0.3 is 0 Å². The molecule has 0 fully saturated rings. The largest absolute Gasteiger partial charge is 0.454 e. The molecule has 2 aliphatic heterocycles. The van der Waals surface area contributed by atoms with Crippen molar-refractivity contribution in [2.45, 2.75) is 0 Å². The van der Waals surface area contributed by atoms with Crippen molar-refractivity contribution in [1.82, 2.24) is 10.6 Å². The van der Waals surface area contributed by atoms with Crippen LogP contribution in [0.15, 0.2) is 48.6 Å². The number of carbonyl (C=O) groups excluding carboxylic acids is 2. The first-order chi connectivity index (χ1) is 14.7. The molecule has 0 spiro atoms. The van der Waals surface area contributed by atoms with Gasteiger partial charge in [-0.25, -0.2) is 0 Å². The number of rotatable bonds is 7. The molecule has 8 nitrogen and oxygen atoms in total. The van der Waals surface area contributed by atoms with Crippen LogP contribution < -0.4 is 29.6 Å². The summed E-state index contributed by atoms with van der Waals surface area (Å²) >= 11 is 0. The van der Waals surface area contributed by atoms with Gasteiger partial charge in [0.25, 0.3) is 0 Å². The topological polar surface area (TPSA) is 95.1 Å². The van der Waals surface area contributed by atoms with E-state index >= 15 is 0 Å². The van der Waals surface area contributed by atoms with Crippen molar-refractivity contribution in [2.75, 3.05) is 26.7 Å². The number of benzene rings is 2. The van der Waals surface area contributed by atoms with Gasteiger partial charge in [0.1, 0.15) is 0 Å². The summed E-state index contributed by atoms with van der Waals surface area (Å²) < 4.78 is 21.1. The Hall–Kier alpha value is -3.94. The SMILES string of the molecule is O=C(C=Cc1ccc2c(c1)OCO2)NCCNC(=O)C=Cc1ccc2c(c1)OCO2. The Morgan fingerprint density at radius 3 is 1.60 bits per heavy atom. The van der Waals surface area contributed by atoms with Gasteiger partial charge in [-0.2, -0.15) is 0 Å². The molecular weight excluding hydrogens is 388 g/mol. The molecule has 0 aliphatic carbocycles. The smallest absolute Gasteiger partial charge is 0.244 e. The lowest BCUT2D eigenvalue weighted by atomic mass is 10.2. The van der Waals surface area contributed by atoms with E-state index in [1.807, 2.05) is 12.1 Å². The van der Waals surface area contributed by atoms with Crippen molar-refractivity contribution in [1.29, 1.82) is 0 Å². The highest BCUT2D eigenvalue weighted by atomic mass is 16.7. The summed E-state index contributed by atoms with van der Waals surface area (Å²) in [6.45, 7) is 1.04. The zero-order valence-electron chi connectivity index (χ0n) is 16.1. The first-order valence-corrected chi connectivity index (χ1v) is 9.38. The number of ether oxygens (including phenoxy) is 4. The highest BCUT2D eigenvalue weighted by molar-refractivity contribution is 5.92. The molecule has 2 heterocycles. The third-order valence-corrected chi connectivity index (χ3v) is 4.37. The van der Waals surface area contributed by atoms with Crippen molar-refractivity contribution in [3.63, 3.8) is 0 Å². The second kappa shape index (κ2) is 9.04. The lowest BCUT2D eigenvalue weighted by Gasteiger charge is -2.03. The molecular formula is C22H20N2O6. The molecule has 2 N–H and O–H groups in total. The van der Waals surface area contributed by atoms with E-state index in [2.05, 4.69) is 10.6 Å². The van der Waals surface area contributed by atoms with Crippen LogP contribution in [0.5, 0.6) is 23.0 Å². The van der Waals surface area contributed by atoms with E-state index in [-0.39, 0.29) is 25.4 Å². The van der Waals surface area contributed by atoms with E-state index in [4.69, 9.17) is 18.9 Å². The zero-order valence-corrected chi connectivity index (χ0v) is 16.1. The number of hydrogen-bond acceptors (Lipinski definition) is 6. The molecule has 0 radical (unpaired) electrons. The average Bonchev–Trinajstić information content (AvgIpc) is 3.42. The van der Waals surface area contributed by atoms with Gasteiger partial charge in [0.15, 0.2) is 23.0 Å². The molecule has 0 unspecified atom stereocenters. The summed E-state index contributed by atoms with van der Waals surface area (Å²) in [6.07, 6.45) is 6.23. The van der Waals surface area contributed by atoms with Gasteiger partial charge in [0.2, 0.25) is 25.4 Å². The van der Waals surface area contributed by atoms with Crippen LogP contribution in [0.25, 0.3) is 12.2 Å². The summed E-state index contributed by atoms with van der Waals surface area (Å²) in [4.78, 5) is 23.8. The third-order valence-electron chi connectivity index (χ3n) is 4.37. The van der Waals surface area contributed by atoms with Crippen molar-refractivity contribution in [3.8, 4) is 23.0 Å². The molecule has 2 amide bonds. The quantitative estimate of drug-likeness (QED) is 0.538. The van der Waals surface area contributed by atoms with E-state index in [9.17, 15) is 9.59 Å². The molecule has 2 aromatic carbocycles. The molecule has 0 atom stereocenters. The van der Waals surface area contributed by atoms with E-state index in [1.165, 1.54) is 12.2 Å². The van der Waals surface area contributed by atoms with E-state index in [0.29, 0.717) is 36.1 Å². The predicted octanol–water partition coefficient (Wildman–Crippen LogP) is 2.10. The first kappa shape index (κ1) is 19.4. The number of nitrogens with one attached hydrogen (secondary N) is 2. The van der Waals surface area contributed by atoms with Crippen molar-refractivity contribution in [3.05, 3.63) is 59.7 Å². The standard InChI is InChI=1S/C22H20N2O6/c25-21(7-3-15-1-5-17-19(11-15)29-13-27-17)23-9-10-24-22(26)8-4-16-2-6-18-20(12-16)30-14-28-18/h1-8,11-12H,9-10,13-14H2,(H,23,25)(H,24,26). The van der Waals surface area contributed by atoms with E-state index < -0.39 is 0 Å². The van der Waals surface area contributed by atoms with Gasteiger partial charge in [0.05, 0.1) is 0 Å². The molecule has 0 aromatic heterocycles. The highest BCUT2D eigenvalue weighted by Crippen LogP contribution is 2.33. The van der Waals surface area contributed by atoms with Crippen LogP contribution in [-0.4, -0.2) is 38.5 Å². The maximum Gasteiger partial charge on any atom is 0.244 e. The predicted molar refractivity (Wildman–Crippen MR) is 109 cm³/mol. The lowest BCUT2D eigenvalue weighted by Crippen LogP contribution is -2.33. The lowest BCUT2D eigenvalue weighted by molar-refractivity contribution is -0.118. The van der Waals surface area contributed by atoms with Crippen LogP contribution >= 0.6 is 0 Å². The number of amides is 2. The Labute approximate surface area is 173 Å². The normalized spacial score (nSPS) is 13.7. The van der Waals surface area contributed by atoms with Crippen molar-refractivity contribution >= 4 is 24.0 Å². The summed E-state index contributed by atoms with van der Waals surface area (Å²) in [7, 11) is 0. The second-order valence-electron chi connectivity index (χ2n) is 6.47. The van der Waals surface area contributed by atoms with Gasteiger partial charge in [-0.05, 0) is 47.5 Å². The van der Waals surface area contributed by atoms with Crippen molar-refractivity contribution < 1.29 is 28.5 Å². The Bertz CT molecular complexity index is 933. The minimum atomic E-state index is -0.252. The Balaban J connectivity index is 1.16. The monoisotopic (exact) mass is 408 g/mol. The van der Waals surface area contributed by atoms with Crippen LogP contribution in [0.4, 0.5) is 0 Å². The fraction of sp³-hybridized carbons (Fsp3) is 0.182. The van der Waals surface area contributed by atoms with Gasteiger partial charge in [0, 0.05) is 25.2 Å². The van der Waals surface area contributed by atoms with Crippen LogP contribution in [0, 0.1) is 0 Å². The first-order valence-electron chi connectivity index (χ1n) is 9.38. The molecule has 0 bridgehead atoms. The number of hydrogen-bond donors (Lipinski definition) is 2. The second-order valence-corrected chi connectivity index (χ2v) is 6.47. The Kier molecular flexibility index (Phi) is 5.84.